The van der Waals surface area contributed by atoms with Gasteiger partial charge in [-0.3, -0.25) is 4.79 Å². The van der Waals surface area contributed by atoms with Gasteiger partial charge in [-0.2, -0.15) is 10.2 Å². The van der Waals surface area contributed by atoms with E-state index in [0.717, 1.165) is 0 Å². The summed E-state index contributed by atoms with van der Waals surface area (Å²) >= 11 is 0. The van der Waals surface area contributed by atoms with Crippen LogP contribution in [0.1, 0.15) is 11.6 Å². The molecular weight excluding hydrogens is 226 g/mol. The van der Waals surface area contributed by atoms with Crippen molar-refractivity contribution in [3.63, 3.8) is 0 Å². The lowest BCUT2D eigenvalue weighted by Gasteiger charge is -2.25. The third-order valence-corrected chi connectivity index (χ3v) is 2.36. The van der Waals surface area contributed by atoms with E-state index in [4.69, 9.17) is 19.5 Å². The Morgan fingerprint density at radius 1 is 1.53 bits per heavy atom. The van der Waals surface area contributed by atoms with Gasteiger partial charge in [0.25, 0.3) is 0 Å². The molecule has 1 aliphatic rings. The van der Waals surface area contributed by atoms with E-state index in [-0.39, 0.29) is 18.0 Å². The number of oxazole rings is 1. The molecule has 0 amide bonds. The topological polar surface area (TPSA) is 99.6 Å². The molecule has 90 valence electrons. The molecule has 2 rings (SSSR count). The maximum Gasteiger partial charge on any atom is 0.312 e. The van der Waals surface area contributed by atoms with Gasteiger partial charge in [-0.15, -0.1) is 0 Å². The number of carbonyl (C=O) groups is 1. The smallest absolute Gasteiger partial charge is 0.312 e. The zero-order chi connectivity index (χ0) is 12.3. The maximum absolute atomic E-state index is 10.5. The summed E-state index contributed by atoms with van der Waals surface area (Å²) in [6.45, 7) is 2.33. The molecule has 0 saturated carbocycles. The fraction of sp³-hybridized carbons (Fsp3) is 0.500. The van der Waals surface area contributed by atoms with Gasteiger partial charge in [0, 0.05) is 13.1 Å². The molecule has 1 aromatic rings. The second-order valence-electron chi connectivity index (χ2n) is 3.54. The van der Waals surface area contributed by atoms with Crippen molar-refractivity contribution in [1.82, 2.24) is 4.98 Å². The summed E-state index contributed by atoms with van der Waals surface area (Å²) in [6.07, 6.45) is -0.320. The van der Waals surface area contributed by atoms with Crippen LogP contribution < -0.4 is 4.90 Å². The lowest BCUT2D eigenvalue weighted by Crippen LogP contribution is -2.36. The fourth-order valence-electron chi connectivity index (χ4n) is 1.61. The van der Waals surface area contributed by atoms with Crippen LogP contribution in [0.15, 0.2) is 4.42 Å². The molecule has 0 unspecified atom stereocenters. The number of hydrogen-bond donors (Lipinski definition) is 1. The second-order valence-corrected chi connectivity index (χ2v) is 3.54. The molecule has 0 spiro atoms. The first-order valence-electron chi connectivity index (χ1n) is 5.15. The van der Waals surface area contributed by atoms with Gasteiger partial charge in [0.2, 0.25) is 17.5 Å². The van der Waals surface area contributed by atoms with Crippen LogP contribution in [-0.4, -0.2) is 42.4 Å². The maximum atomic E-state index is 10.5. The van der Waals surface area contributed by atoms with Gasteiger partial charge in [0.15, 0.2) is 0 Å². The quantitative estimate of drug-likeness (QED) is 0.790. The number of carboxylic acid groups (broad SMARTS) is 1. The minimum Gasteiger partial charge on any atom is -0.481 e. The van der Waals surface area contributed by atoms with Crippen molar-refractivity contribution in [2.75, 3.05) is 31.2 Å². The zero-order valence-electron chi connectivity index (χ0n) is 9.05. The average molecular weight is 237 g/mol. The minimum absolute atomic E-state index is 0.0514. The summed E-state index contributed by atoms with van der Waals surface area (Å²) < 4.78 is 10.5. The van der Waals surface area contributed by atoms with Crippen molar-refractivity contribution < 1.29 is 19.1 Å². The van der Waals surface area contributed by atoms with Crippen molar-refractivity contribution in [1.29, 1.82) is 5.26 Å². The molecule has 0 radical (unpaired) electrons. The van der Waals surface area contributed by atoms with Crippen LogP contribution in [-0.2, 0) is 16.0 Å². The highest BCUT2D eigenvalue weighted by atomic mass is 16.5. The van der Waals surface area contributed by atoms with Crippen molar-refractivity contribution in [2.24, 2.45) is 0 Å². The molecule has 7 heteroatoms. The molecule has 0 bridgehead atoms. The standard InChI is InChI=1S/C10H11N3O4/c11-6-7-10(13-1-3-16-4-2-13)17-8(12-7)5-9(14)15/h1-5H2,(H,14,15). The monoisotopic (exact) mass is 237 g/mol. The first kappa shape index (κ1) is 11.4. The van der Waals surface area contributed by atoms with Crippen molar-refractivity contribution >= 4 is 11.9 Å². The molecule has 1 fully saturated rings. The van der Waals surface area contributed by atoms with Gasteiger partial charge in [-0.1, -0.05) is 0 Å². The van der Waals surface area contributed by atoms with Crippen molar-refractivity contribution in [3.05, 3.63) is 11.6 Å². The number of rotatable bonds is 3. The van der Waals surface area contributed by atoms with Crippen LogP contribution in [0.2, 0.25) is 0 Å². The van der Waals surface area contributed by atoms with E-state index in [1.54, 1.807) is 0 Å². The third-order valence-electron chi connectivity index (χ3n) is 2.36. The number of morpholine rings is 1. The summed E-state index contributed by atoms with van der Waals surface area (Å²) in [6, 6.07) is 1.91. The molecule has 7 nitrogen and oxygen atoms in total. The molecule has 1 aliphatic heterocycles. The van der Waals surface area contributed by atoms with Crippen LogP contribution in [0, 0.1) is 11.3 Å². The van der Waals surface area contributed by atoms with Gasteiger partial charge in [-0.05, 0) is 0 Å². The Hall–Kier alpha value is -2.07. The van der Waals surface area contributed by atoms with E-state index in [1.807, 2.05) is 11.0 Å². The number of anilines is 1. The largest absolute Gasteiger partial charge is 0.481 e. The lowest BCUT2D eigenvalue weighted by molar-refractivity contribution is -0.136. The molecule has 17 heavy (non-hydrogen) atoms. The summed E-state index contributed by atoms with van der Waals surface area (Å²) in [5.41, 5.74) is 0.128. The lowest BCUT2D eigenvalue weighted by atomic mass is 10.4. The van der Waals surface area contributed by atoms with E-state index in [2.05, 4.69) is 4.98 Å². The first-order chi connectivity index (χ1) is 8.20. The van der Waals surface area contributed by atoms with Gasteiger partial charge >= 0.3 is 5.97 Å². The number of aromatic nitrogens is 1. The van der Waals surface area contributed by atoms with E-state index >= 15 is 0 Å². The van der Waals surface area contributed by atoms with E-state index in [1.165, 1.54) is 0 Å². The SMILES string of the molecule is N#Cc1nc(CC(=O)O)oc1N1CCOCC1. The molecule has 0 aromatic carbocycles. The molecular formula is C10H11N3O4. The number of carboxylic acids is 1. The minimum atomic E-state index is -1.04. The molecule has 0 atom stereocenters. The normalized spacial score (nSPS) is 15.6. The Balaban J connectivity index is 2.22. The average Bonchev–Trinajstić information content (AvgIpc) is 2.72. The van der Waals surface area contributed by atoms with Crippen molar-refractivity contribution in [3.8, 4) is 6.07 Å². The first-order valence-corrected chi connectivity index (χ1v) is 5.15. The van der Waals surface area contributed by atoms with Crippen LogP contribution in [0.25, 0.3) is 0 Å². The van der Waals surface area contributed by atoms with Crippen molar-refractivity contribution in [2.45, 2.75) is 6.42 Å². The number of aliphatic carboxylic acids is 1. The van der Waals surface area contributed by atoms with Gasteiger partial charge in [-0.25, -0.2) is 0 Å². The summed E-state index contributed by atoms with van der Waals surface area (Å²) in [5, 5.41) is 17.6. The van der Waals surface area contributed by atoms with Crippen LogP contribution in [0.3, 0.4) is 0 Å². The predicted octanol–water partition coefficient (Wildman–Crippen LogP) is 0.00998. The highest BCUT2D eigenvalue weighted by Gasteiger charge is 2.22. The number of ether oxygens (including phenoxy) is 1. The fourth-order valence-corrected chi connectivity index (χ4v) is 1.61. The molecule has 0 aliphatic carbocycles. The Morgan fingerprint density at radius 2 is 2.24 bits per heavy atom. The van der Waals surface area contributed by atoms with E-state index in [0.29, 0.717) is 32.2 Å². The molecule has 2 heterocycles. The van der Waals surface area contributed by atoms with Crippen LogP contribution in [0.5, 0.6) is 0 Å². The summed E-state index contributed by atoms with van der Waals surface area (Å²) in [4.78, 5) is 16.2. The summed E-state index contributed by atoms with van der Waals surface area (Å²) in [7, 11) is 0. The Morgan fingerprint density at radius 3 is 2.82 bits per heavy atom. The Kier molecular flexibility index (Phi) is 3.25. The van der Waals surface area contributed by atoms with Crippen LogP contribution in [0.4, 0.5) is 5.88 Å². The van der Waals surface area contributed by atoms with Crippen LogP contribution >= 0.6 is 0 Å². The third kappa shape index (κ3) is 2.54. The molecule has 1 saturated heterocycles. The highest BCUT2D eigenvalue weighted by molar-refractivity contribution is 5.69. The number of nitrogens with zero attached hydrogens (tertiary/aromatic N) is 3. The summed E-state index contributed by atoms with van der Waals surface area (Å²) in [5.74, 6) is -0.646. The van der Waals surface area contributed by atoms with Gasteiger partial charge in [0.1, 0.15) is 12.5 Å². The van der Waals surface area contributed by atoms with Gasteiger partial charge < -0.3 is 19.2 Å². The van der Waals surface area contributed by atoms with Gasteiger partial charge in [0.05, 0.1) is 13.2 Å². The Labute approximate surface area is 97.2 Å². The number of nitriles is 1. The highest BCUT2D eigenvalue weighted by Crippen LogP contribution is 2.22. The molecule has 1 N–H and O–H groups in total. The Bertz CT molecular complexity index is 457. The predicted molar refractivity (Wildman–Crippen MR) is 55.6 cm³/mol. The van der Waals surface area contributed by atoms with E-state index in [9.17, 15) is 4.79 Å². The molecule has 1 aromatic heterocycles. The van der Waals surface area contributed by atoms with E-state index < -0.39 is 5.97 Å². The second kappa shape index (κ2) is 4.84. The zero-order valence-corrected chi connectivity index (χ0v) is 9.05. The number of hydrogen-bond acceptors (Lipinski definition) is 6.